The van der Waals surface area contributed by atoms with Crippen LogP contribution in [0.2, 0.25) is 5.02 Å². The van der Waals surface area contributed by atoms with E-state index in [9.17, 15) is 4.79 Å². The van der Waals surface area contributed by atoms with E-state index in [4.69, 9.17) is 11.6 Å². The van der Waals surface area contributed by atoms with Crippen molar-refractivity contribution in [3.05, 3.63) is 34.9 Å². The molecule has 80 valence electrons. The van der Waals surface area contributed by atoms with Gasteiger partial charge in [0.1, 0.15) is 0 Å². The SMILES string of the molecule is CCC/C=N\NC(=O)c1ccc(Cl)cc1. The number of hydrogen-bond donors (Lipinski definition) is 1. The molecule has 0 radical (unpaired) electrons. The molecule has 0 spiro atoms. The normalized spacial score (nSPS) is 10.5. The second-order valence-corrected chi connectivity index (χ2v) is 3.48. The van der Waals surface area contributed by atoms with Gasteiger partial charge in [0.15, 0.2) is 0 Å². The molecule has 0 fully saturated rings. The van der Waals surface area contributed by atoms with Crippen molar-refractivity contribution >= 4 is 23.7 Å². The number of nitrogens with zero attached hydrogens (tertiary/aromatic N) is 1. The average Bonchev–Trinajstić information content (AvgIpc) is 2.25. The van der Waals surface area contributed by atoms with Crippen LogP contribution >= 0.6 is 11.6 Å². The lowest BCUT2D eigenvalue weighted by Crippen LogP contribution is -2.17. The van der Waals surface area contributed by atoms with Crippen LogP contribution in [0, 0.1) is 0 Å². The van der Waals surface area contributed by atoms with Crippen LogP contribution in [0.3, 0.4) is 0 Å². The minimum absolute atomic E-state index is 0.223. The monoisotopic (exact) mass is 224 g/mol. The lowest BCUT2D eigenvalue weighted by molar-refractivity contribution is 0.0955. The maximum Gasteiger partial charge on any atom is 0.271 e. The van der Waals surface area contributed by atoms with E-state index in [0.29, 0.717) is 10.6 Å². The Hall–Kier alpha value is -1.35. The summed E-state index contributed by atoms with van der Waals surface area (Å²) in [5.74, 6) is -0.223. The van der Waals surface area contributed by atoms with Crippen molar-refractivity contribution in [3.63, 3.8) is 0 Å². The molecule has 0 aliphatic rings. The molecule has 0 atom stereocenters. The lowest BCUT2D eigenvalue weighted by Gasteiger charge is -1.99. The molecule has 0 aliphatic carbocycles. The van der Waals surface area contributed by atoms with Crippen LogP contribution < -0.4 is 5.43 Å². The first-order chi connectivity index (χ1) is 7.24. The van der Waals surface area contributed by atoms with Gasteiger partial charge in [-0.1, -0.05) is 24.9 Å². The zero-order chi connectivity index (χ0) is 11.1. The van der Waals surface area contributed by atoms with Gasteiger partial charge >= 0.3 is 0 Å². The summed E-state index contributed by atoms with van der Waals surface area (Å²) >= 11 is 5.70. The molecule has 0 saturated heterocycles. The number of halogens is 1. The minimum atomic E-state index is -0.223. The molecule has 1 aromatic carbocycles. The molecule has 1 amide bonds. The van der Waals surface area contributed by atoms with Crippen LogP contribution in [0.4, 0.5) is 0 Å². The smallest absolute Gasteiger partial charge is 0.267 e. The van der Waals surface area contributed by atoms with Gasteiger partial charge in [-0.2, -0.15) is 5.10 Å². The van der Waals surface area contributed by atoms with Crippen molar-refractivity contribution < 1.29 is 4.79 Å². The molecule has 1 rings (SSSR count). The third-order valence-corrected chi connectivity index (χ3v) is 2.03. The molecular weight excluding hydrogens is 212 g/mol. The summed E-state index contributed by atoms with van der Waals surface area (Å²) in [5, 5.41) is 4.41. The molecule has 4 heteroatoms. The van der Waals surface area contributed by atoms with Gasteiger partial charge in [0.25, 0.3) is 5.91 Å². The van der Waals surface area contributed by atoms with Gasteiger partial charge in [-0.15, -0.1) is 0 Å². The van der Waals surface area contributed by atoms with Gasteiger partial charge in [0.2, 0.25) is 0 Å². The highest BCUT2D eigenvalue weighted by atomic mass is 35.5. The number of hydrazone groups is 1. The number of amides is 1. The van der Waals surface area contributed by atoms with E-state index in [0.717, 1.165) is 12.8 Å². The van der Waals surface area contributed by atoms with Crippen LogP contribution in [-0.2, 0) is 0 Å². The van der Waals surface area contributed by atoms with Crippen LogP contribution in [0.1, 0.15) is 30.1 Å². The van der Waals surface area contributed by atoms with Gasteiger partial charge in [-0.05, 0) is 30.7 Å². The van der Waals surface area contributed by atoms with Crippen molar-refractivity contribution in [2.24, 2.45) is 5.10 Å². The summed E-state index contributed by atoms with van der Waals surface area (Å²) < 4.78 is 0. The standard InChI is InChI=1S/C11H13ClN2O/c1-2-3-8-13-14-11(15)9-4-6-10(12)7-5-9/h4-8H,2-3H2,1H3,(H,14,15)/b13-8-. The first kappa shape index (κ1) is 11.7. The second kappa shape index (κ2) is 6.19. The molecule has 0 bridgehead atoms. The zero-order valence-corrected chi connectivity index (χ0v) is 9.29. The highest BCUT2D eigenvalue weighted by Crippen LogP contribution is 2.09. The summed E-state index contributed by atoms with van der Waals surface area (Å²) in [5.41, 5.74) is 2.99. The summed E-state index contributed by atoms with van der Waals surface area (Å²) in [4.78, 5) is 11.5. The van der Waals surface area contributed by atoms with E-state index in [1.807, 2.05) is 6.92 Å². The average molecular weight is 225 g/mol. The molecule has 0 aliphatic heterocycles. The number of carbonyl (C=O) groups excluding carboxylic acids is 1. The molecule has 1 aromatic rings. The Morgan fingerprint density at radius 1 is 1.47 bits per heavy atom. The fourth-order valence-electron chi connectivity index (χ4n) is 0.964. The van der Waals surface area contributed by atoms with E-state index < -0.39 is 0 Å². The predicted molar refractivity (Wildman–Crippen MR) is 62.3 cm³/mol. The fraction of sp³-hybridized carbons (Fsp3) is 0.273. The Kier molecular flexibility index (Phi) is 4.84. The zero-order valence-electron chi connectivity index (χ0n) is 8.53. The topological polar surface area (TPSA) is 41.5 Å². The van der Waals surface area contributed by atoms with Crippen LogP contribution in [-0.4, -0.2) is 12.1 Å². The van der Waals surface area contributed by atoms with E-state index in [1.165, 1.54) is 0 Å². The molecule has 0 saturated carbocycles. The number of nitrogens with one attached hydrogen (secondary N) is 1. The Labute approximate surface area is 94.1 Å². The van der Waals surface area contributed by atoms with Crippen LogP contribution in [0.5, 0.6) is 0 Å². The number of unbranched alkanes of at least 4 members (excludes halogenated alkanes) is 1. The van der Waals surface area contributed by atoms with E-state index in [-0.39, 0.29) is 5.91 Å². The Bertz CT molecular complexity index is 346. The predicted octanol–water partition coefficient (Wildman–Crippen LogP) is 2.86. The second-order valence-electron chi connectivity index (χ2n) is 3.05. The number of hydrogen-bond acceptors (Lipinski definition) is 2. The first-order valence-corrected chi connectivity index (χ1v) is 5.19. The highest BCUT2D eigenvalue weighted by Gasteiger charge is 2.02. The number of rotatable bonds is 4. The maximum atomic E-state index is 11.5. The first-order valence-electron chi connectivity index (χ1n) is 4.81. The van der Waals surface area contributed by atoms with E-state index >= 15 is 0 Å². The fourth-order valence-corrected chi connectivity index (χ4v) is 1.09. The lowest BCUT2D eigenvalue weighted by atomic mass is 10.2. The molecule has 3 nitrogen and oxygen atoms in total. The largest absolute Gasteiger partial charge is 0.271 e. The number of benzene rings is 1. The molecule has 0 unspecified atom stereocenters. The number of carbonyl (C=O) groups is 1. The van der Waals surface area contributed by atoms with Gasteiger partial charge < -0.3 is 0 Å². The Morgan fingerprint density at radius 2 is 2.13 bits per heavy atom. The minimum Gasteiger partial charge on any atom is -0.267 e. The van der Waals surface area contributed by atoms with Crippen molar-refractivity contribution in [2.75, 3.05) is 0 Å². The summed E-state index contributed by atoms with van der Waals surface area (Å²) in [6.07, 6.45) is 3.56. The van der Waals surface area contributed by atoms with Gasteiger partial charge in [0, 0.05) is 16.8 Å². The van der Waals surface area contributed by atoms with Gasteiger partial charge in [-0.3, -0.25) is 4.79 Å². The molecule has 0 heterocycles. The third kappa shape index (κ3) is 4.13. The van der Waals surface area contributed by atoms with Crippen molar-refractivity contribution in [2.45, 2.75) is 19.8 Å². The van der Waals surface area contributed by atoms with Gasteiger partial charge in [0.05, 0.1) is 0 Å². The summed E-state index contributed by atoms with van der Waals surface area (Å²) in [7, 11) is 0. The van der Waals surface area contributed by atoms with Crippen molar-refractivity contribution in [3.8, 4) is 0 Å². The van der Waals surface area contributed by atoms with Crippen molar-refractivity contribution in [1.29, 1.82) is 0 Å². The Balaban J connectivity index is 2.50. The molecular formula is C11H13ClN2O. The molecule has 0 aromatic heterocycles. The van der Waals surface area contributed by atoms with E-state index in [1.54, 1.807) is 30.5 Å². The quantitative estimate of drug-likeness (QED) is 0.620. The maximum absolute atomic E-state index is 11.5. The highest BCUT2D eigenvalue weighted by molar-refractivity contribution is 6.30. The Morgan fingerprint density at radius 3 is 2.73 bits per heavy atom. The van der Waals surface area contributed by atoms with Gasteiger partial charge in [-0.25, -0.2) is 5.43 Å². The van der Waals surface area contributed by atoms with Crippen LogP contribution in [0.25, 0.3) is 0 Å². The van der Waals surface area contributed by atoms with Crippen molar-refractivity contribution in [1.82, 2.24) is 5.43 Å². The van der Waals surface area contributed by atoms with Crippen LogP contribution in [0.15, 0.2) is 29.4 Å². The molecule has 1 N–H and O–H groups in total. The molecule has 15 heavy (non-hydrogen) atoms. The summed E-state index contributed by atoms with van der Waals surface area (Å²) in [6, 6.07) is 6.67. The summed E-state index contributed by atoms with van der Waals surface area (Å²) in [6.45, 7) is 2.05. The van der Waals surface area contributed by atoms with E-state index in [2.05, 4.69) is 10.5 Å². The third-order valence-electron chi connectivity index (χ3n) is 1.78.